The molecule has 2 aromatic carbocycles. The molecule has 0 bridgehead atoms. The van der Waals surface area contributed by atoms with Gasteiger partial charge in [0.25, 0.3) is 0 Å². The van der Waals surface area contributed by atoms with Crippen LogP contribution in [0.5, 0.6) is 0 Å². The molecule has 0 N–H and O–H groups in total. The van der Waals surface area contributed by atoms with Gasteiger partial charge in [0.2, 0.25) is 0 Å². The van der Waals surface area contributed by atoms with E-state index < -0.39 is 4.92 Å². The molecular weight excluding hydrogens is 298 g/mol. The van der Waals surface area contributed by atoms with Crippen molar-refractivity contribution in [3.05, 3.63) is 82.7 Å². The van der Waals surface area contributed by atoms with Crippen LogP contribution < -0.4 is 0 Å². The summed E-state index contributed by atoms with van der Waals surface area (Å²) in [6, 6.07) is 17.6. The summed E-state index contributed by atoms with van der Waals surface area (Å²) < 4.78 is 1.51. The van der Waals surface area contributed by atoms with Gasteiger partial charge in [0, 0.05) is 0 Å². The van der Waals surface area contributed by atoms with E-state index in [4.69, 9.17) is 0 Å². The minimum absolute atomic E-state index is 0. The van der Waals surface area contributed by atoms with Gasteiger partial charge < -0.3 is 10.1 Å². The van der Waals surface area contributed by atoms with Crippen molar-refractivity contribution in [1.82, 2.24) is 9.55 Å². The van der Waals surface area contributed by atoms with E-state index in [1.165, 1.54) is 10.8 Å². The van der Waals surface area contributed by atoms with E-state index in [0.717, 1.165) is 5.56 Å². The van der Waals surface area contributed by atoms with E-state index in [2.05, 4.69) is 4.98 Å². The Morgan fingerprint density at radius 3 is 2.40 bits per heavy atom. The molecule has 3 aromatic rings. The van der Waals surface area contributed by atoms with Crippen LogP contribution in [0.4, 0.5) is 5.95 Å². The van der Waals surface area contributed by atoms with Crippen molar-refractivity contribution in [2.24, 2.45) is 0 Å². The van der Waals surface area contributed by atoms with E-state index in [-0.39, 0.29) is 23.0 Å². The molecule has 1 aromatic heterocycles. The summed E-state index contributed by atoms with van der Waals surface area (Å²) in [7, 11) is 0. The minimum Gasteiger partial charge on any atom is -0.390 e. The predicted molar refractivity (Wildman–Crippen MR) is 72.1 cm³/mol. The van der Waals surface area contributed by atoms with Gasteiger partial charge in [-0.05, 0) is 4.92 Å². The predicted octanol–water partition coefficient (Wildman–Crippen LogP) is 2.96. The molecule has 0 aliphatic heterocycles. The van der Waals surface area contributed by atoms with Crippen LogP contribution in [0, 0.1) is 10.1 Å². The first-order valence-corrected chi connectivity index (χ1v) is 5.80. The van der Waals surface area contributed by atoms with Crippen molar-refractivity contribution in [1.29, 1.82) is 0 Å². The van der Waals surface area contributed by atoms with Crippen molar-refractivity contribution in [2.75, 3.05) is 0 Å². The van der Waals surface area contributed by atoms with E-state index >= 15 is 0 Å². The van der Waals surface area contributed by atoms with Crippen LogP contribution in [0.25, 0.3) is 0 Å². The zero-order valence-corrected chi connectivity index (χ0v) is 11.7. The molecular formula is C14H13FeN3O2. The molecule has 0 atom stereocenters. The Labute approximate surface area is 127 Å². The average molecular weight is 311 g/mol. The zero-order chi connectivity index (χ0) is 13.5. The fourth-order valence-electron chi connectivity index (χ4n) is 1.63. The molecule has 0 fully saturated rings. The Morgan fingerprint density at radius 1 is 1.25 bits per heavy atom. The molecule has 0 spiro atoms. The van der Waals surface area contributed by atoms with Gasteiger partial charge >= 0.3 is 23.0 Å². The first kappa shape index (κ1) is 15.9. The van der Waals surface area contributed by atoms with E-state index in [0.29, 0.717) is 6.54 Å². The van der Waals surface area contributed by atoms with Crippen molar-refractivity contribution in [2.45, 2.75) is 6.54 Å². The number of hydrogen-bond donors (Lipinski definition) is 0. The molecule has 3 rings (SSSR count). The molecule has 0 saturated heterocycles. The Balaban J connectivity index is 0.000000283. The SMILES string of the molecule is O=[N+]([O-])c1nccn1C[c-]1cccc1.[Fe+2].c1cc[cH-]c1. The first-order valence-electron chi connectivity index (χ1n) is 5.80. The van der Waals surface area contributed by atoms with E-state index in [1.807, 2.05) is 54.6 Å². The van der Waals surface area contributed by atoms with Gasteiger partial charge in [-0.15, -0.1) is 5.56 Å². The van der Waals surface area contributed by atoms with Gasteiger partial charge in [-0.2, -0.15) is 30.3 Å². The van der Waals surface area contributed by atoms with Crippen LogP contribution in [0.15, 0.2) is 67.0 Å². The van der Waals surface area contributed by atoms with Crippen LogP contribution in [0.1, 0.15) is 5.56 Å². The molecule has 0 unspecified atom stereocenters. The van der Waals surface area contributed by atoms with Crippen molar-refractivity contribution >= 4 is 5.95 Å². The molecule has 20 heavy (non-hydrogen) atoms. The summed E-state index contributed by atoms with van der Waals surface area (Å²) in [6.45, 7) is 0.489. The largest absolute Gasteiger partial charge is 2.00 e. The summed E-state index contributed by atoms with van der Waals surface area (Å²) in [5.41, 5.74) is 1.03. The molecule has 0 radical (unpaired) electrons. The number of hydrogen-bond acceptors (Lipinski definition) is 3. The number of aromatic nitrogens is 2. The molecule has 5 nitrogen and oxygen atoms in total. The maximum Gasteiger partial charge on any atom is 2.00 e. The standard InChI is InChI=1S/C9H8N3O2.C5H5.Fe/c13-12(14)9-10-5-6-11(9)7-8-3-1-2-4-8;1-2-4-5-3-1;/h1-6H,7H2;1-5H;/q2*-1;+2. The van der Waals surface area contributed by atoms with Gasteiger partial charge in [0.15, 0.2) is 0 Å². The summed E-state index contributed by atoms with van der Waals surface area (Å²) >= 11 is 0. The van der Waals surface area contributed by atoms with Gasteiger partial charge in [0.1, 0.15) is 6.20 Å². The second-order valence-electron chi connectivity index (χ2n) is 3.87. The Kier molecular flexibility index (Phi) is 6.43. The molecule has 0 amide bonds. The maximum absolute atomic E-state index is 10.5. The Morgan fingerprint density at radius 2 is 1.90 bits per heavy atom. The van der Waals surface area contributed by atoms with Crippen LogP contribution in [-0.4, -0.2) is 14.5 Å². The van der Waals surface area contributed by atoms with Crippen molar-refractivity contribution in [3.8, 4) is 0 Å². The quantitative estimate of drug-likeness (QED) is 0.323. The van der Waals surface area contributed by atoms with E-state index in [9.17, 15) is 10.1 Å². The van der Waals surface area contributed by atoms with Crippen LogP contribution in [0.2, 0.25) is 0 Å². The second kappa shape index (κ2) is 8.09. The molecule has 0 aliphatic rings. The fraction of sp³-hybridized carbons (Fsp3) is 0.0714. The number of rotatable bonds is 3. The van der Waals surface area contributed by atoms with Crippen molar-refractivity contribution < 1.29 is 22.0 Å². The molecule has 6 heteroatoms. The second-order valence-corrected chi connectivity index (χ2v) is 3.87. The van der Waals surface area contributed by atoms with Gasteiger partial charge in [-0.3, -0.25) is 0 Å². The summed E-state index contributed by atoms with van der Waals surface area (Å²) in [4.78, 5) is 13.7. The topological polar surface area (TPSA) is 61.0 Å². The van der Waals surface area contributed by atoms with Gasteiger partial charge in [-0.25, -0.2) is 28.8 Å². The monoisotopic (exact) mass is 311 g/mol. The first-order chi connectivity index (χ1) is 9.27. The Bertz CT molecular complexity index is 583. The summed E-state index contributed by atoms with van der Waals surface area (Å²) in [6.07, 6.45) is 3.03. The summed E-state index contributed by atoms with van der Waals surface area (Å²) in [5, 5.41) is 10.5. The number of nitrogens with zero attached hydrogens (tertiary/aromatic N) is 3. The number of imidazole rings is 1. The third kappa shape index (κ3) is 4.49. The third-order valence-electron chi connectivity index (χ3n) is 2.50. The molecule has 104 valence electrons. The summed E-state index contributed by atoms with van der Waals surface area (Å²) in [5.74, 6) is -0.119. The Hall–Kier alpha value is -2.17. The zero-order valence-electron chi connectivity index (χ0n) is 10.6. The van der Waals surface area contributed by atoms with Gasteiger partial charge in [0.05, 0.1) is 12.7 Å². The number of nitro groups is 1. The van der Waals surface area contributed by atoms with Crippen LogP contribution >= 0.6 is 0 Å². The minimum atomic E-state index is -0.483. The van der Waals surface area contributed by atoms with Crippen molar-refractivity contribution in [3.63, 3.8) is 0 Å². The van der Waals surface area contributed by atoms with Crippen LogP contribution in [-0.2, 0) is 23.6 Å². The smallest absolute Gasteiger partial charge is 0.390 e. The van der Waals surface area contributed by atoms with E-state index in [1.54, 1.807) is 6.20 Å². The maximum atomic E-state index is 10.5. The molecule has 0 saturated carbocycles. The third-order valence-corrected chi connectivity index (χ3v) is 2.50. The molecule has 1 heterocycles. The molecule has 0 aliphatic carbocycles. The normalized spacial score (nSPS) is 9.20. The average Bonchev–Trinajstić information content (AvgIpc) is 3.15. The fourth-order valence-corrected chi connectivity index (χ4v) is 1.63. The van der Waals surface area contributed by atoms with Gasteiger partial charge in [-0.1, -0.05) is 4.98 Å². The van der Waals surface area contributed by atoms with Crippen LogP contribution in [0.3, 0.4) is 0 Å².